The average molecular weight is 301 g/mol. The maximum atomic E-state index is 11.5. The third-order valence-corrected chi connectivity index (χ3v) is 2.72. The molecule has 0 radical (unpaired) electrons. The van der Waals surface area contributed by atoms with E-state index in [9.17, 15) is 9.59 Å². The second kappa shape index (κ2) is 7.63. The van der Waals surface area contributed by atoms with Crippen LogP contribution in [0.1, 0.15) is 11.3 Å². The van der Waals surface area contributed by atoms with Gasteiger partial charge in [0, 0.05) is 5.56 Å². The van der Waals surface area contributed by atoms with E-state index in [0.717, 1.165) is 0 Å². The number of carbonyl (C=O) groups is 2. The number of nitrogens with one attached hydrogen (secondary N) is 2. The fourth-order valence-corrected chi connectivity index (χ4v) is 1.65. The first-order valence-electron chi connectivity index (χ1n) is 6.47. The number of hydrogen-bond acceptors (Lipinski definition) is 5. The summed E-state index contributed by atoms with van der Waals surface area (Å²) in [5.41, 5.74) is 2.83. The number of benzene rings is 1. The predicted octanol–water partition coefficient (Wildman–Crippen LogP) is 1.05. The van der Waals surface area contributed by atoms with Gasteiger partial charge in [0.05, 0.1) is 26.1 Å². The minimum absolute atomic E-state index is 0.134. The van der Waals surface area contributed by atoms with Gasteiger partial charge in [0.2, 0.25) is 0 Å². The van der Waals surface area contributed by atoms with Crippen molar-refractivity contribution in [2.45, 2.75) is 6.54 Å². The van der Waals surface area contributed by atoms with Crippen LogP contribution in [0.2, 0.25) is 0 Å². The predicted molar refractivity (Wildman–Crippen MR) is 79.3 cm³/mol. The van der Waals surface area contributed by atoms with Crippen LogP contribution in [0.15, 0.2) is 52.2 Å². The highest BCUT2D eigenvalue weighted by Gasteiger charge is 2.12. The van der Waals surface area contributed by atoms with Crippen molar-refractivity contribution in [3.8, 4) is 5.75 Å². The number of methoxy groups -OCH3 is 1. The molecule has 0 saturated carbocycles. The standard InChI is InChI=1S/C15H15N3O4/c1-21-13-7-3-2-5-11(13)9-17-18-15(20)14(19)16-10-12-6-4-8-22-12/h2-9H,10H2,1H3,(H,16,19)(H,18,20)/b17-9-. The second-order valence-corrected chi connectivity index (χ2v) is 4.20. The second-order valence-electron chi connectivity index (χ2n) is 4.20. The number of rotatable bonds is 5. The maximum absolute atomic E-state index is 11.5. The molecule has 0 atom stereocenters. The van der Waals surface area contributed by atoms with Crippen molar-refractivity contribution < 1.29 is 18.7 Å². The van der Waals surface area contributed by atoms with Gasteiger partial charge in [-0.1, -0.05) is 12.1 Å². The lowest BCUT2D eigenvalue weighted by Gasteiger charge is -2.03. The highest BCUT2D eigenvalue weighted by molar-refractivity contribution is 6.35. The first-order chi connectivity index (χ1) is 10.7. The first-order valence-corrected chi connectivity index (χ1v) is 6.47. The smallest absolute Gasteiger partial charge is 0.329 e. The molecule has 0 spiro atoms. The van der Waals surface area contributed by atoms with Gasteiger partial charge >= 0.3 is 11.8 Å². The Labute approximate surface area is 127 Å². The molecule has 114 valence electrons. The van der Waals surface area contributed by atoms with Gasteiger partial charge in [-0.2, -0.15) is 5.10 Å². The summed E-state index contributed by atoms with van der Waals surface area (Å²) in [6.45, 7) is 0.134. The monoisotopic (exact) mass is 301 g/mol. The van der Waals surface area contributed by atoms with E-state index >= 15 is 0 Å². The van der Waals surface area contributed by atoms with Gasteiger partial charge in [0.1, 0.15) is 11.5 Å². The Morgan fingerprint density at radius 1 is 1.23 bits per heavy atom. The Balaban J connectivity index is 1.83. The lowest BCUT2D eigenvalue weighted by molar-refractivity contribution is -0.139. The molecular formula is C15H15N3O4. The Kier molecular flexibility index (Phi) is 5.31. The van der Waals surface area contributed by atoms with Crippen LogP contribution < -0.4 is 15.5 Å². The summed E-state index contributed by atoms with van der Waals surface area (Å²) >= 11 is 0. The Morgan fingerprint density at radius 3 is 2.77 bits per heavy atom. The molecule has 1 aromatic carbocycles. The van der Waals surface area contributed by atoms with E-state index in [1.807, 2.05) is 12.1 Å². The molecule has 22 heavy (non-hydrogen) atoms. The van der Waals surface area contributed by atoms with Crippen molar-refractivity contribution in [2.24, 2.45) is 5.10 Å². The van der Waals surface area contributed by atoms with Crippen molar-refractivity contribution in [1.82, 2.24) is 10.7 Å². The van der Waals surface area contributed by atoms with Crippen LogP contribution in [-0.4, -0.2) is 25.1 Å². The highest BCUT2D eigenvalue weighted by Crippen LogP contribution is 2.14. The van der Waals surface area contributed by atoms with E-state index in [1.54, 1.807) is 24.3 Å². The van der Waals surface area contributed by atoms with E-state index in [-0.39, 0.29) is 6.54 Å². The van der Waals surface area contributed by atoms with Crippen molar-refractivity contribution in [2.75, 3.05) is 7.11 Å². The van der Waals surface area contributed by atoms with Gasteiger partial charge in [-0.05, 0) is 24.3 Å². The molecule has 0 bridgehead atoms. The minimum Gasteiger partial charge on any atom is -0.496 e. The van der Waals surface area contributed by atoms with E-state index in [4.69, 9.17) is 9.15 Å². The maximum Gasteiger partial charge on any atom is 0.329 e. The van der Waals surface area contributed by atoms with Crippen LogP contribution in [-0.2, 0) is 16.1 Å². The lowest BCUT2D eigenvalue weighted by atomic mass is 10.2. The number of ether oxygens (including phenoxy) is 1. The molecular weight excluding hydrogens is 286 g/mol. The van der Waals surface area contributed by atoms with Crippen LogP contribution in [0.3, 0.4) is 0 Å². The number of para-hydroxylation sites is 1. The van der Waals surface area contributed by atoms with Crippen molar-refractivity contribution in [3.63, 3.8) is 0 Å². The van der Waals surface area contributed by atoms with Crippen LogP contribution >= 0.6 is 0 Å². The van der Waals surface area contributed by atoms with Gasteiger partial charge in [-0.15, -0.1) is 0 Å². The number of hydrogen-bond donors (Lipinski definition) is 2. The van der Waals surface area contributed by atoms with E-state index in [2.05, 4.69) is 15.8 Å². The molecule has 0 fully saturated rings. The first kappa shape index (κ1) is 15.3. The molecule has 0 aliphatic carbocycles. The quantitative estimate of drug-likeness (QED) is 0.490. The summed E-state index contributed by atoms with van der Waals surface area (Å²) in [5, 5.41) is 6.14. The minimum atomic E-state index is -0.863. The molecule has 7 nitrogen and oxygen atoms in total. The topological polar surface area (TPSA) is 92.9 Å². The molecule has 0 aliphatic heterocycles. The molecule has 7 heteroatoms. The highest BCUT2D eigenvalue weighted by atomic mass is 16.5. The molecule has 0 saturated heterocycles. The van der Waals surface area contributed by atoms with Crippen molar-refractivity contribution in [3.05, 3.63) is 54.0 Å². The van der Waals surface area contributed by atoms with Gasteiger partial charge in [-0.25, -0.2) is 5.43 Å². The van der Waals surface area contributed by atoms with E-state index in [0.29, 0.717) is 17.1 Å². The normalized spacial score (nSPS) is 10.4. The zero-order valence-electron chi connectivity index (χ0n) is 11.9. The molecule has 2 aromatic rings. The number of amides is 2. The zero-order valence-corrected chi connectivity index (χ0v) is 11.9. The van der Waals surface area contributed by atoms with Crippen LogP contribution in [0.25, 0.3) is 0 Å². The molecule has 2 rings (SSSR count). The average Bonchev–Trinajstić information content (AvgIpc) is 3.06. The molecule has 1 heterocycles. The summed E-state index contributed by atoms with van der Waals surface area (Å²) < 4.78 is 10.2. The summed E-state index contributed by atoms with van der Waals surface area (Å²) in [6.07, 6.45) is 2.88. The molecule has 2 N–H and O–H groups in total. The summed E-state index contributed by atoms with van der Waals surface area (Å²) in [4.78, 5) is 23.1. The van der Waals surface area contributed by atoms with E-state index < -0.39 is 11.8 Å². The SMILES string of the molecule is COc1ccccc1/C=N\NC(=O)C(=O)NCc1ccco1. The van der Waals surface area contributed by atoms with Crippen LogP contribution in [0, 0.1) is 0 Å². The Morgan fingerprint density at radius 2 is 2.05 bits per heavy atom. The van der Waals surface area contributed by atoms with Gasteiger partial charge in [0.15, 0.2) is 0 Å². The number of hydrazone groups is 1. The van der Waals surface area contributed by atoms with Gasteiger partial charge < -0.3 is 14.5 Å². The summed E-state index contributed by atoms with van der Waals surface area (Å²) in [7, 11) is 1.54. The van der Waals surface area contributed by atoms with Crippen LogP contribution in [0.4, 0.5) is 0 Å². The number of carbonyl (C=O) groups excluding carboxylic acids is 2. The van der Waals surface area contributed by atoms with Gasteiger partial charge in [0.25, 0.3) is 0 Å². The largest absolute Gasteiger partial charge is 0.496 e. The van der Waals surface area contributed by atoms with Crippen molar-refractivity contribution >= 4 is 18.0 Å². The third-order valence-electron chi connectivity index (χ3n) is 2.72. The molecule has 0 unspecified atom stereocenters. The third kappa shape index (κ3) is 4.20. The molecule has 1 aromatic heterocycles. The fraction of sp³-hybridized carbons (Fsp3) is 0.133. The molecule has 0 aliphatic rings. The van der Waals surface area contributed by atoms with Crippen LogP contribution in [0.5, 0.6) is 5.75 Å². The summed E-state index contributed by atoms with van der Waals surface area (Å²) in [6, 6.07) is 10.5. The number of nitrogens with zero attached hydrogens (tertiary/aromatic N) is 1. The number of furan rings is 1. The van der Waals surface area contributed by atoms with E-state index in [1.165, 1.54) is 19.6 Å². The Bertz CT molecular complexity index is 665. The molecule has 2 amide bonds. The zero-order chi connectivity index (χ0) is 15.8. The Hall–Kier alpha value is -3.09. The van der Waals surface area contributed by atoms with Gasteiger partial charge in [-0.3, -0.25) is 9.59 Å². The fourth-order valence-electron chi connectivity index (χ4n) is 1.65. The lowest BCUT2D eigenvalue weighted by Crippen LogP contribution is -2.37. The summed E-state index contributed by atoms with van der Waals surface area (Å²) in [5.74, 6) is -0.493. The van der Waals surface area contributed by atoms with Crippen molar-refractivity contribution in [1.29, 1.82) is 0 Å².